The molecule has 0 atom stereocenters. The van der Waals surface area contributed by atoms with Crippen LogP contribution >= 0.6 is 0 Å². The topological polar surface area (TPSA) is 114 Å². The van der Waals surface area contributed by atoms with Crippen molar-refractivity contribution >= 4 is 39.3 Å². The monoisotopic (exact) mass is 457 g/mol. The molecule has 0 saturated carbocycles. The third kappa shape index (κ3) is 4.39. The number of likely N-dealkylation sites (N-methyl/N-ethyl adjacent to an activating group) is 1. The zero-order valence-electron chi connectivity index (χ0n) is 18.7. The van der Waals surface area contributed by atoms with Crippen molar-refractivity contribution in [1.82, 2.24) is 24.4 Å². The molecule has 0 aliphatic heterocycles. The fourth-order valence-electron chi connectivity index (χ4n) is 3.73. The zero-order chi connectivity index (χ0) is 23.7. The molecule has 5 rings (SSSR count). The van der Waals surface area contributed by atoms with Crippen molar-refractivity contribution in [3.63, 3.8) is 0 Å². The van der Waals surface area contributed by atoms with Gasteiger partial charge < -0.3 is 24.5 Å². The van der Waals surface area contributed by atoms with Gasteiger partial charge in [-0.05, 0) is 50.5 Å². The molecule has 10 nitrogen and oxygen atoms in total. The summed E-state index contributed by atoms with van der Waals surface area (Å²) in [5.74, 6) is 0.966. The number of nitrogens with one attached hydrogen (secondary N) is 2. The first-order chi connectivity index (χ1) is 16.5. The predicted molar refractivity (Wildman–Crippen MR) is 131 cm³/mol. The van der Waals surface area contributed by atoms with Crippen molar-refractivity contribution in [2.75, 3.05) is 26.0 Å². The standard InChI is InChI=1S/C24H23N7O3/c1-29(2)12-13-30-11-9-16-14-17(6-7-21(16)30)26-24-27-22-20(8-10-25-22)23(28-24)34-19-5-3-4-18(15-19)31(32)33/h3-11,14-15H,12-13H2,1-2H3,(H2,25,26,27,28). The molecule has 0 radical (unpaired) electrons. The van der Waals surface area contributed by atoms with Gasteiger partial charge in [-0.25, -0.2) is 0 Å². The fraction of sp³-hybridized carbons (Fsp3) is 0.167. The summed E-state index contributed by atoms with van der Waals surface area (Å²) in [5, 5.41) is 16.1. The zero-order valence-corrected chi connectivity index (χ0v) is 18.7. The van der Waals surface area contributed by atoms with Gasteiger partial charge in [-0.15, -0.1) is 0 Å². The number of H-pyrrole nitrogens is 1. The SMILES string of the molecule is CN(C)CCn1ccc2cc(Nc3nc(Oc4cccc([N+](=O)[O-])c4)c4cc[nH]c4n3)ccc21. The van der Waals surface area contributed by atoms with Gasteiger partial charge in [0.25, 0.3) is 5.69 Å². The van der Waals surface area contributed by atoms with E-state index in [-0.39, 0.29) is 5.69 Å². The molecular weight excluding hydrogens is 434 g/mol. The highest BCUT2D eigenvalue weighted by atomic mass is 16.6. The second-order valence-electron chi connectivity index (χ2n) is 8.16. The summed E-state index contributed by atoms with van der Waals surface area (Å²) in [6, 6.07) is 16.0. The van der Waals surface area contributed by atoms with E-state index >= 15 is 0 Å². The molecule has 3 heterocycles. The number of nitrogens with zero attached hydrogens (tertiary/aromatic N) is 5. The van der Waals surface area contributed by atoms with Crippen molar-refractivity contribution in [3.8, 4) is 11.6 Å². The number of benzene rings is 2. The van der Waals surface area contributed by atoms with Crippen LogP contribution < -0.4 is 10.1 Å². The third-order valence-corrected chi connectivity index (χ3v) is 5.44. The predicted octanol–water partition coefficient (Wildman–Crippen LogP) is 4.92. The molecule has 0 bridgehead atoms. The number of ether oxygens (including phenoxy) is 1. The number of nitro benzene ring substituents is 1. The first kappa shape index (κ1) is 21.4. The van der Waals surface area contributed by atoms with Crippen LogP contribution in [0.1, 0.15) is 0 Å². The van der Waals surface area contributed by atoms with Crippen LogP contribution in [0.4, 0.5) is 17.3 Å². The summed E-state index contributed by atoms with van der Waals surface area (Å²) in [5.41, 5.74) is 2.53. The molecule has 0 unspecified atom stereocenters. The Morgan fingerprint density at radius 1 is 1.15 bits per heavy atom. The van der Waals surface area contributed by atoms with Crippen LogP contribution in [0.2, 0.25) is 0 Å². The molecule has 34 heavy (non-hydrogen) atoms. The molecule has 3 aromatic heterocycles. The second kappa shape index (κ2) is 8.83. The van der Waals surface area contributed by atoms with Crippen LogP contribution in [0.3, 0.4) is 0 Å². The number of rotatable bonds is 8. The average Bonchev–Trinajstić information content (AvgIpc) is 3.44. The molecule has 0 saturated heterocycles. The average molecular weight is 457 g/mol. The van der Waals surface area contributed by atoms with Gasteiger partial charge >= 0.3 is 0 Å². The Kier molecular flexibility index (Phi) is 5.56. The minimum atomic E-state index is -0.463. The molecule has 0 amide bonds. The van der Waals surface area contributed by atoms with Gasteiger partial charge in [-0.3, -0.25) is 10.1 Å². The molecule has 0 fully saturated rings. The summed E-state index contributed by atoms with van der Waals surface area (Å²) >= 11 is 0. The normalized spacial score (nSPS) is 11.4. The Morgan fingerprint density at radius 3 is 2.85 bits per heavy atom. The largest absolute Gasteiger partial charge is 0.438 e. The third-order valence-electron chi connectivity index (χ3n) is 5.44. The van der Waals surface area contributed by atoms with Gasteiger partial charge in [0.2, 0.25) is 11.8 Å². The lowest BCUT2D eigenvalue weighted by Gasteiger charge is -2.12. The van der Waals surface area contributed by atoms with Crippen LogP contribution in [0.5, 0.6) is 11.6 Å². The molecule has 10 heteroatoms. The van der Waals surface area contributed by atoms with Crippen LogP contribution in [-0.2, 0) is 6.54 Å². The van der Waals surface area contributed by atoms with Crippen molar-refractivity contribution in [1.29, 1.82) is 0 Å². The molecule has 2 N–H and O–H groups in total. The van der Waals surface area contributed by atoms with Crippen LogP contribution in [0.25, 0.3) is 21.9 Å². The Bertz CT molecular complexity index is 1490. The Hall–Kier alpha value is -4.44. The summed E-state index contributed by atoms with van der Waals surface area (Å²) in [4.78, 5) is 24.9. The smallest absolute Gasteiger partial charge is 0.273 e. The number of aromatic amines is 1. The maximum atomic E-state index is 11.1. The molecule has 0 aliphatic rings. The number of fused-ring (bicyclic) bond motifs is 2. The van der Waals surface area contributed by atoms with E-state index in [9.17, 15) is 10.1 Å². The maximum absolute atomic E-state index is 11.1. The number of anilines is 2. The van der Waals surface area contributed by atoms with Gasteiger partial charge in [-0.1, -0.05) is 6.07 Å². The Morgan fingerprint density at radius 2 is 2.03 bits per heavy atom. The van der Waals surface area contributed by atoms with Crippen LogP contribution in [-0.4, -0.2) is 50.0 Å². The van der Waals surface area contributed by atoms with Crippen molar-refractivity contribution < 1.29 is 9.66 Å². The fourth-order valence-corrected chi connectivity index (χ4v) is 3.73. The van der Waals surface area contributed by atoms with E-state index < -0.39 is 4.92 Å². The van der Waals surface area contributed by atoms with E-state index in [1.54, 1.807) is 24.4 Å². The number of non-ortho nitro benzene ring substituents is 1. The van der Waals surface area contributed by atoms with Crippen molar-refractivity contribution in [3.05, 3.63) is 77.1 Å². The van der Waals surface area contributed by atoms with Gasteiger partial charge in [0.15, 0.2) is 0 Å². The molecule has 0 aliphatic carbocycles. The molecule has 0 spiro atoms. The summed E-state index contributed by atoms with van der Waals surface area (Å²) in [6.45, 7) is 1.87. The highest BCUT2D eigenvalue weighted by Gasteiger charge is 2.14. The second-order valence-corrected chi connectivity index (χ2v) is 8.16. The van der Waals surface area contributed by atoms with E-state index in [1.807, 2.05) is 12.1 Å². The molecular formula is C24H23N7O3. The maximum Gasteiger partial charge on any atom is 0.273 e. The van der Waals surface area contributed by atoms with E-state index in [0.717, 1.165) is 29.7 Å². The molecule has 172 valence electrons. The minimum absolute atomic E-state index is 0.0546. The van der Waals surface area contributed by atoms with Crippen molar-refractivity contribution in [2.24, 2.45) is 0 Å². The summed E-state index contributed by atoms with van der Waals surface area (Å²) in [6.07, 6.45) is 3.83. The van der Waals surface area contributed by atoms with Gasteiger partial charge in [0, 0.05) is 48.1 Å². The number of aromatic nitrogens is 4. The quantitative estimate of drug-likeness (QED) is 0.251. The lowest BCUT2D eigenvalue weighted by molar-refractivity contribution is -0.384. The van der Waals surface area contributed by atoms with E-state index in [0.29, 0.717) is 28.6 Å². The van der Waals surface area contributed by atoms with Gasteiger partial charge in [0.1, 0.15) is 11.4 Å². The summed E-state index contributed by atoms with van der Waals surface area (Å²) in [7, 11) is 4.12. The highest BCUT2D eigenvalue weighted by Crippen LogP contribution is 2.31. The number of hydrogen-bond acceptors (Lipinski definition) is 7. The van der Waals surface area contributed by atoms with Crippen LogP contribution in [0.15, 0.2) is 67.0 Å². The number of hydrogen-bond donors (Lipinski definition) is 2. The van der Waals surface area contributed by atoms with Crippen molar-refractivity contribution in [2.45, 2.75) is 6.54 Å². The highest BCUT2D eigenvalue weighted by molar-refractivity contribution is 5.86. The minimum Gasteiger partial charge on any atom is -0.438 e. The van der Waals surface area contributed by atoms with E-state index in [1.165, 1.54) is 12.1 Å². The van der Waals surface area contributed by atoms with E-state index in [4.69, 9.17) is 4.74 Å². The molecule has 5 aromatic rings. The first-order valence-electron chi connectivity index (χ1n) is 10.7. The number of nitro groups is 1. The first-order valence-corrected chi connectivity index (χ1v) is 10.7. The Labute approximate surface area is 195 Å². The van der Waals surface area contributed by atoms with E-state index in [2.05, 4.69) is 62.2 Å². The Balaban J connectivity index is 1.43. The molecule has 2 aromatic carbocycles. The van der Waals surface area contributed by atoms with Gasteiger partial charge in [-0.2, -0.15) is 9.97 Å². The van der Waals surface area contributed by atoms with Crippen LogP contribution in [0, 0.1) is 10.1 Å². The lowest BCUT2D eigenvalue weighted by atomic mass is 10.2. The van der Waals surface area contributed by atoms with Gasteiger partial charge in [0.05, 0.1) is 16.4 Å². The lowest BCUT2D eigenvalue weighted by Crippen LogP contribution is -2.17. The summed E-state index contributed by atoms with van der Waals surface area (Å²) < 4.78 is 8.14.